The lowest BCUT2D eigenvalue weighted by molar-refractivity contribution is -0.125. The Balaban J connectivity index is 1.87. The van der Waals surface area contributed by atoms with Gasteiger partial charge in [-0.25, -0.2) is 9.20 Å². The average molecular weight is 362 g/mol. The molecule has 9 nitrogen and oxygen atoms in total. The Morgan fingerprint density at radius 1 is 1.42 bits per heavy atom. The number of nitrogens with zero attached hydrogens (tertiary/aromatic N) is 4. The van der Waals surface area contributed by atoms with E-state index < -0.39 is 5.60 Å². The van der Waals surface area contributed by atoms with Gasteiger partial charge in [-0.05, 0) is 26.7 Å². The molecule has 26 heavy (non-hydrogen) atoms. The molecule has 0 atom stereocenters. The van der Waals surface area contributed by atoms with Crippen LogP contribution in [0.15, 0.2) is 10.9 Å². The molecule has 142 valence electrons. The van der Waals surface area contributed by atoms with Crippen LogP contribution in [-0.2, 0) is 11.3 Å². The van der Waals surface area contributed by atoms with E-state index in [1.807, 2.05) is 20.8 Å². The molecule has 0 radical (unpaired) electrons. The molecule has 2 aromatic heterocycles. The lowest BCUT2D eigenvalue weighted by Crippen LogP contribution is -2.54. The van der Waals surface area contributed by atoms with E-state index in [4.69, 9.17) is 0 Å². The number of hydrogen-bond acceptors (Lipinski definition) is 6. The van der Waals surface area contributed by atoms with Crippen LogP contribution in [0.4, 0.5) is 5.82 Å². The molecule has 0 saturated heterocycles. The van der Waals surface area contributed by atoms with E-state index in [-0.39, 0.29) is 30.0 Å². The van der Waals surface area contributed by atoms with Crippen LogP contribution in [0.5, 0.6) is 0 Å². The number of nitrogens with one attached hydrogen (secondary N) is 2. The number of carbonyl (C=O) groups excluding carboxylic acids is 1. The van der Waals surface area contributed by atoms with Gasteiger partial charge in [-0.3, -0.25) is 9.59 Å². The molecule has 0 aliphatic heterocycles. The first-order chi connectivity index (χ1) is 12.2. The summed E-state index contributed by atoms with van der Waals surface area (Å²) in [4.78, 5) is 25.0. The summed E-state index contributed by atoms with van der Waals surface area (Å²) in [6.45, 7) is 8.15. The largest absolute Gasteiger partial charge is 0.390 e. The molecular formula is C17H26N6O3. The van der Waals surface area contributed by atoms with Crippen LogP contribution >= 0.6 is 0 Å². The lowest BCUT2D eigenvalue weighted by atomic mass is 9.77. The third kappa shape index (κ3) is 3.57. The Hall–Kier alpha value is -2.42. The van der Waals surface area contributed by atoms with Crippen LogP contribution in [0.2, 0.25) is 0 Å². The molecule has 1 fully saturated rings. The van der Waals surface area contributed by atoms with Gasteiger partial charge < -0.3 is 15.7 Å². The van der Waals surface area contributed by atoms with Crippen molar-refractivity contribution in [2.45, 2.75) is 64.6 Å². The summed E-state index contributed by atoms with van der Waals surface area (Å²) in [5, 5.41) is 24.4. The van der Waals surface area contributed by atoms with E-state index in [1.165, 1.54) is 4.68 Å². The smallest absolute Gasteiger partial charge is 0.293 e. The number of carbonyl (C=O) groups is 1. The highest BCUT2D eigenvalue weighted by Crippen LogP contribution is 2.31. The topological polar surface area (TPSA) is 114 Å². The Kier molecular flexibility index (Phi) is 4.74. The third-order valence-corrected chi connectivity index (χ3v) is 4.51. The first kappa shape index (κ1) is 18.4. The van der Waals surface area contributed by atoms with E-state index in [9.17, 15) is 14.7 Å². The van der Waals surface area contributed by atoms with Crippen LogP contribution in [0.1, 0.15) is 52.3 Å². The van der Waals surface area contributed by atoms with Gasteiger partial charge in [0.05, 0.1) is 5.60 Å². The Morgan fingerprint density at radius 2 is 2.12 bits per heavy atom. The minimum atomic E-state index is -0.711. The number of fused-ring (bicyclic) bond motifs is 1. The first-order valence-corrected chi connectivity index (χ1v) is 8.96. The summed E-state index contributed by atoms with van der Waals surface area (Å²) in [7, 11) is 0. The van der Waals surface area contributed by atoms with E-state index in [0.29, 0.717) is 36.5 Å². The number of anilines is 1. The molecular weight excluding hydrogens is 336 g/mol. The second-order valence-electron chi connectivity index (χ2n) is 7.50. The van der Waals surface area contributed by atoms with Crippen molar-refractivity contribution >= 4 is 17.2 Å². The molecule has 1 saturated carbocycles. The van der Waals surface area contributed by atoms with Crippen molar-refractivity contribution in [1.29, 1.82) is 0 Å². The maximum Gasteiger partial charge on any atom is 0.293 e. The van der Waals surface area contributed by atoms with Crippen molar-refractivity contribution in [3.8, 4) is 0 Å². The Labute approximate surface area is 151 Å². The van der Waals surface area contributed by atoms with E-state index in [0.717, 1.165) is 0 Å². The van der Waals surface area contributed by atoms with Crippen LogP contribution in [0.3, 0.4) is 0 Å². The number of hydrogen-bond donors (Lipinski definition) is 3. The van der Waals surface area contributed by atoms with Gasteiger partial charge in [-0.2, -0.15) is 5.10 Å². The van der Waals surface area contributed by atoms with Crippen LogP contribution in [-0.4, -0.2) is 48.6 Å². The number of aromatic nitrogens is 4. The minimum Gasteiger partial charge on any atom is -0.390 e. The van der Waals surface area contributed by atoms with Crippen molar-refractivity contribution in [2.75, 3.05) is 11.9 Å². The predicted octanol–water partition coefficient (Wildman–Crippen LogP) is 0.476. The van der Waals surface area contributed by atoms with Crippen molar-refractivity contribution in [3.05, 3.63) is 22.2 Å². The molecule has 1 aliphatic carbocycles. The van der Waals surface area contributed by atoms with Crippen molar-refractivity contribution in [1.82, 2.24) is 24.7 Å². The fraction of sp³-hybridized carbons (Fsp3) is 0.647. The van der Waals surface area contributed by atoms with E-state index >= 15 is 0 Å². The monoisotopic (exact) mass is 362 g/mol. The molecule has 0 spiro atoms. The van der Waals surface area contributed by atoms with Gasteiger partial charge in [-0.15, -0.1) is 5.10 Å². The van der Waals surface area contributed by atoms with E-state index in [2.05, 4.69) is 20.8 Å². The fourth-order valence-electron chi connectivity index (χ4n) is 3.30. The minimum absolute atomic E-state index is 0.0310. The SMILES string of the molecule is CCNc1cc2c(=O)n(CC(=O)NC3CC(C)(O)C3)nc(C(C)C)n2n1. The highest BCUT2D eigenvalue weighted by molar-refractivity contribution is 5.76. The molecule has 0 unspecified atom stereocenters. The maximum atomic E-state index is 12.7. The summed E-state index contributed by atoms with van der Waals surface area (Å²) in [6.07, 6.45) is 1.04. The standard InChI is InChI=1S/C17H26N6O3/c1-5-18-13-6-12-16(25)22(21-15(10(2)3)23(12)20-13)9-14(24)19-11-7-17(4,26)8-11/h6,10-11,26H,5,7-9H2,1-4H3,(H,18,20)(H,19,24). The highest BCUT2D eigenvalue weighted by Gasteiger charge is 2.39. The quantitative estimate of drug-likeness (QED) is 0.689. The van der Waals surface area contributed by atoms with Crippen molar-refractivity contribution < 1.29 is 9.90 Å². The third-order valence-electron chi connectivity index (χ3n) is 4.51. The average Bonchev–Trinajstić information content (AvgIpc) is 2.92. The van der Waals surface area contributed by atoms with Crippen molar-refractivity contribution in [3.63, 3.8) is 0 Å². The molecule has 1 amide bonds. The van der Waals surface area contributed by atoms with Crippen molar-refractivity contribution in [2.24, 2.45) is 0 Å². The van der Waals surface area contributed by atoms with Gasteiger partial charge in [0.1, 0.15) is 17.9 Å². The summed E-state index contributed by atoms with van der Waals surface area (Å²) >= 11 is 0. The predicted molar refractivity (Wildman–Crippen MR) is 97.3 cm³/mol. The molecule has 9 heteroatoms. The lowest BCUT2D eigenvalue weighted by Gasteiger charge is -2.41. The van der Waals surface area contributed by atoms with Crippen LogP contribution in [0.25, 0.3) is 5.52 Å². The molecule has 0 bridgehead atoms. The Bertz CT molecular complexity index is 874. The van der Waals surface area contributed by atoms with Gasteiger partial charge in [0.2, 0.25) is 5.91 Å². The Morgan fingerprint density at radius 3 is 2.69 bits per heavy atom. The number of rotatable bonds is 6. The van der Waals surface area contributed by atoms with Gasteiger partial charge in [-0.1, -0.05) is 13.8 Å². The summed E-state index contributed by atoms with van der Waals surface area (Å²) < 4.78 is 2.73. The highest BCUT2D eigenvalue weighted by atomic mass is 16.3. The molecule has 2 heterocycles. The molecule has 0 aromatic carbocycles. The number of amides is 1. The first-order valence-electron chi connectivity index (χ1n) is 8.96. The molecule has 2 aromatic rings. The second kappa shape index (κ2) is 6.71. The van der Waals surface area contributed by atoms with Gasteiger partial charge in [0.25, 0.3) is 5.56 Å². The molecule has 1 aliphatic rings. The zero-order chi connectivity index (χ0) is 19.1. The maximum absolute atomic E-state index is 12.7. The fourth-order valence-corrected chi connectivity index (χ4v) is 3.30. The summed E-state index contributed by atoms with van der Waals surface area (Å²) in [6, 6.07) is 1.62. The van der Waals surface area contributed by atoms with Gasteiger partial charge in [0.15, 0.2) is 5.82 Å². The van der Waals surface area contributed by atoms with Gasteiger partial charge >= 0.3 is 0 Å². The van der Waals surface area contributed by atoms with E-state index in [1.54, 1.807) is 17.5 Å². The molecule has 3 N–H and O–H groups in total. The van der Waals surface area contributed by atoms with Crippen LogP contribution in [0, 0.1) is 0 Å². The zero-order valence-electron chi connectivity index (χ0n) is 15.6. The van der Waals surface area contributed by atoms with Crippen LogP contribution < -0.4 is 16.2 Å². The summed E-state index contributed by atoms with van der Waals surface area (Å²) in [5.74, 6) is 0.962. The normalized spacial score (nSPS) is 22.5. The summed E-state index contributed by atoms with van der Waals surface area (Å²) in [5.41, 5.74) is -0.683. The molecule has 3 rings (SSSR count). The number of aliphatic hydroxyl groups is 1. The zero-order valence-corrected chi connectivity index (χ0v) is 15.6. The second-order valence-corrected chi connectivity index (χ2v) is 7.50. The van der Waals surface area contributed by atoms with Gasteiger partial charge in [0, 0.05) is 24.6 Å².